The van der Waals surface area contributed by atoms with Gasteiger partial charge in [0.15, 0.2) is 0 Å². The Bertz CT molecular complexity index is 281. The zero-order chi connectivity index (χ0) is 13.4. The summed E-state index contributed by atoms with van der Waals surface area (Å²) in [5.41, 5.74) is -0.583. The van der Waals surface area contributed by atoms with Crippen molar-refractivity contribution >= 4 is 11.9 Å². The van der Waals surface area contributed by atoms with Gasteiger partial charge in [-0.2, -0.15) is 13.2 Å². The van der Waals surface area contributed by atoms with Gasteiger partial charge in [0.2, 0.25) is 0 Å². The Morgan fingerprint density at radius 2 is 1.81 bits per heavy atom. The minimum absolute atomic E-state index is 0.583. The number of methoxy groups -OCH3 is 1. The summed E-state index contributed by atoms with van der Waals surface area (Å²) in [4.78, 5) is 19.6. The van der Waals surface area contributed by atoms with E-state index in [-0.39, 0.29) is 0 Å². The summed E-state index contributed by atoms with van der Waals surface area (Å²) in [7, 11) is 1.00. The second-order valence-electron chi connectivity index (χ2n) is 2.43. The molecule has 0 aromatic heterocycles. The SMILES string of the molecule is C=C(CC(F)(F)F)C(=O)OC.C=CC(=O)O. The van der Waals surface area contributed by atoms with Crippen molar-refractivity contribution in [3.8, 4) is 0 Å². The van der Waals surface area contributed by atoms with E-state index in [0.29, 0.717) is 0 Å². The number of halogens is 3. The molecule has 0 bridgehead atoms. The van der Waals surface area contributed by atoms with Crippen LogP contribution >= 0.6 is 0 Å². The summed E-state index contributed by atoms with van der Waals surface area (Å²) in [6, 6.07) is 0. The second kappa shape index (κ2) is 7.49. The van der Waals surface area contributed by atoms with E-state index in [4.69, 9.17) is 5.11 Å². The number of carbonyl (C=O) groups excluding carboxylic acids is 1. The van der Waals surface area contributed by atoms with Crippen molar-refractivity contribution in [1.82, 2.24) is 0 Å². The smallest absolute Gasteiger partial charge is 0.393 e. The molecular formula is C9H11F3O4. The van der Waals surface area contributed by atoms with Crippen molar-refractivity contribution in [2.75, 3.05) is 7.11 Å². The van der Waals surface area contributed by atoms with E-state index >= 15 is 0 Å². The molecule has 0 saturated carbocycles. The molecule has 0 aliphatic rings. The monoisotopic (exact) mass is 240 g/mol. The maximum Gasteiger partial charge on any atom is 0.393 e. The molecule has 0 aliphatic heterocycles. The van der Waals surface area contributed by atoms with Crippen LogP contribution in [0.2, 0.25) is 0 Å². The molecule has 0 aliphatic carbocycles. The third-order valence-electron chi connectivity index (χ3n) is 1.06. The number of esters is 1. The van der Waals surface area contributed by atoms with Gasteiger partial charge in [0.1, 0.15) is 0 Å². The van der Waals surface area contributed by atoms with Gasteiger partial charge >= 0.3 is 18.1 Å². The number of alkyl halides is 3. The maximum atomic E-state index is 11.5. The molecule has 0 radical (unpaired) electrons. The van der Waals surface area contributed by atoms with Crippen molar-refractivity contribution in [1.29, 1.82) is 0 Å². The first-order valence-corrected chi connectivity index (χ1v) is 3.82. The van der Waals surface area contributed by atoms with Crippen molar-refractivity contribution in [3.63, 3.8) is 0 Å². The summed E-state index contributed by atoms with van der Waals surface area (Å²) in [6.07, 6.45) is -4.88. The molecule has 7 heteroatoms. The third kappa shape index (κ3) is 12.2. The molecule has 0 rings (SSSR count). The predicted molar refractivity (Wildman–Crippen MR) is 49.7 cm³/mol. The fraction of sp³-hybridized carbons (Fsp3) is 0.333. The normalized spacial score (nSPS) is 9.50. The van der Waals surface area contributed by atoms with E-state index in [1.54, 1.807) is 0 Å². The minimum Gasteiger partial charge on any atom is -0.478 e. The number of carboxylic acid groups (broad SMARTS) is 1. The largest absolute Gasteiger partial charge is 0.478 e. The molecule has 92 valence electrons. The van der Waals surface area contributed by atoms with Gasteiger partial charge in [0.25, 0.3) is 0 Å². The predicted octanol–water partition coefficient (Wildman–Crippen LogP) is 1.92. The highest BCUT2D eigenvalue weighted by Gasteiger charge is 2.30. The molecule has 0 amide bonds. The second-order valence-corrected chi connectivity index (χ2v) is 2.43. The minimum atomic E-state index is -4.40. The summed E-state index contributed by atoms with van der Waals surface area (Å²) in [6.45, 7) is 5.88. The lowest BCUT2D eigenvalue weighted by Gasteiger charge is -2.06. The van der Waals surface area contributed by atoms with Crippen molar-refractivity contribution < 1.29 is 32.6 Å². The van der Waals surface area contributed by atoms with E-state index in [1.165, 1.54) is 0 Å². The highest BCUT2D eigenvalue weighted by molar-refractivity contribution is 5.87. The number of carbonyl (C=O) groups is 2. The Hall–Kier alpha value is -1.79. The Morgan fingerprint density at radius 1 is 1.44 bits per heavy atom. The van der Waals surface area contributed by atoms with Crippen LogP contribution in [0.25, 0.3) is 0 Å². The molecule has 0 aromatic carbocycles. The van der Waals surface area contributed by atoms with Crippen LogP contribution in [0, 0.1) is 0 Å². The van der Waals surface area contributed by atoms with Crippen LogP contribution in [0.4, 0.5) is 13.2 Å². The Balaban J connectivity index is 0. The van der Waals surface area contributed by atoms with E-state index in [1.807, 2.05) is 0 Å². The summed E-state index contributed by atoms with van der Waals surface area (Å²) in [5, 5.41) is 7.60. The Morgan fingerprint density at radius 3 is 2.00 bits per heavy atom. The molecule has 0 aromatic rings. The highest BCUT2D eigenvalue weighted by Crippen LogP contribution is 2.23. The first-order chi connectivity index (χ1) is 7.14. The molecule has 4 nitrogen and oxygen atoms in total. The number of rotatable bonds is 3. The van der Waals surface area contributed by atoms with Gasteiger partial charge in [0.05, 0.1) is 13.5 Å². The van der Waals surface area contributed by atoms with Gasteiger partial charge in [-0.05, 0) is 0 Å². The Kier molecular flexibility index (Phi) is 7.79. The average Bonchev–Trinajstić information content (AvgIpc) is 2.14. The Labute approximate surface area is 90.0 Å². The van der Waals surface area contributed by atoms with Crippen LogP contribution in [-0.4, -0.2) is 30.3 Å². The first-order valence-electron chi connectivity index (χ1n) is 3.82. The van der Waals surface area contributed by atoms with Crippen molar-refractivity contribution in [3.05, 3.63) is 24.8 Å². The zero-order valence-corrected chi connectivity index (χ0v) is 8.50. The van der Waals surface area contributed by atoms with E-state index in [9.17, 15) is 22.8 Å². The number of carboxylic acids is 1. The highest BCUT2D eigenvalue weighted by atomic mass is 19.4. The van der Waals surface area contributed by atoms with Gasteiger partial charge in [-0.1, -0.05) is 13.2 Å². The fourth-order valence-corrected chi connectivity index (χ4v) is 0.458. The van der Waals surface area contributed by atoms with Crippen molar-refractivity contribution in [2.45, 2.75) is 12.6 Å². The van der Waals surface area contributed by atoms with Crippen LogP contribution in [0.5, 0.6) is 0 Å². The molecule has 0 saturated heterocycles. The zero-order valence-electron chi connectivity index (χ0n) is 8.50. The van der Waals surface area contributed by atoms with Gasteiger partial charge in [0, 0.05) is 11.6 Å². The number of ether oxygens (including phenoxy) is 1. The van der Waals surface area contributed by atoms with Crippen molar-refractivity contribution in [2.24, 2.45) is 0 Å². The van der Waals surface area contributed by atoms with Crippen LogP contribution in [0.3, 0.4) is 0 Å². The average molecular weight is 240 g/mol. The van der Waals surface area contributed by atoms with E-state index in [2.05, 4.69) is 17.9 Å². The van der Waals surface area contributed by atoms with E-state index < -0.39 is 30.1 Å². The topological polar surface area (TPSA) is 63.6 Å². The lowest BCUT2D eigenvalue weighted by molar-refractivity contribution is -0.145. The number of aliphatic carboxylic acids is 1. The van der Waals surface area contributed by atoms with Crippen LogP contribution in [0.1, 0.15) is 6.42 Å². The first kappa shape index (κ1) is 16.6. The van der Waals surface area contributed by atoms with Gasteiger partial charge in [-0.25, -0.2) is 9.59 Å². The summed E-state index contributed by atoms with van der Waals surface area (Å²) >= 11 is 0. The van der Waals surface area contributed by atoms with E-state index in [0.717, 1.165) is 13.2 Å². The van der Waals surface area contributed by atoms with Crippen LogP contribution in [0.15, 0.2) is 24.8 Å². The lowest BCUT2D eigenvalue weighted by atomic mass is 10.2. The quantitative estimate of drug-likeness (QED) is 0.604. The van der Waals surface area contributed by atoms with Gasteiger partial charge in [-0.15, -0.1) is 0 Å². The lowest BCUT2D eigenvalue weighted by Crippen LogP contribution is -2.14. The molecule has 1 N–H and O–H groups in total. The maximum absolute atomic E-state index is 11.5. The molecule has 0 heterocycles. The fourth-order valence-electron chi connectivity index (χ4n) is 0.458. The molecule has 0 unspecified atom stereocenters. The summed E-state index contributed by atoms with van der Waals surface area (Å²) < 4.78 is 38.6. The van der Waals surface area contributed by atoms with Gasteiger partial charge < -0.3 is 9.84 Å². The molecule has 0 fully saturated rings. The molecule has 16 heavy (non-hydrogen) atoms. The van der Waals surface area contributed by atoms with Crippen LogP contribution in [-0.2, 0) is 14.3 Å². The number of hydrogen-bond donors (Lipinski definition) is 1. The van der Waals surface area contributed by atoms with Gasteiger partial charge in [-0.3, -0.25) is 0 Å². The standard InChI is InChI=1S/C6H7F3O2.C3H4O2/c1-4(5(10)11-2)3-6(7,8)9;1-2-3(4)5/h1,3H2,2H3;2H,1H2,(H,4,5). The molecular weight excluding hydrogens is 229 g/mol. The summed E-state index contributed by atoms with van der Waals surface area (Å²) in [5.74, 6) is -2.01. The third-order valence-corrected chi connectivity index (χ3v) is 1.06. The number of hydrogen-bond acceptors (Lipinski definition) is 3. The molecule has 0 spiro atoms. The van der Waals surface area contributed by atoms with Crippen LogP contribution < -0.4 is 0 Å². The molecule has 0 atom stereocenters.